The van der Waals surface area contributed by atoms with E-state index in [9.17, 15) is 38.2 Å². The predicted molar refractivity (Wildman–Crippen MR) is 135 cm³/mol. The standard InChI is InChI=1S/C23H26F2N8O10/c1-10-5-33(21(39)28-18(10)37)16-4-12(35)13(42-16)7-31-6-11(29-30-31)9-41-22(40)27-15-2-3-32(20(38)26-15)19-23(24,25)17(36)14(8-34)43-19/h2-3,5-6,12-14,16-17,19,34-36H,4,7-9H2,1H3,(H,28,37,39)(H,26,27,38,40)/t12-,13+,14+,16+,17+,19+/m0/s1. The molecule has 5 heterocycles. The number of alkyl halides is 2. The fraction of sp³-hybridized carbons (Fsp3) is 0.522. The molecule has 3 aromatic rings. The molecule has 232 valence electrons. The van der Waals surface area contributed by atoms with Gasteiger partial charge in [-0.25, -0.2) is 19.1 Å². The normalized spacial score (nSPS) is 26.5. The van der Waals surface area contributed by atoms with Gasteiger partial charge < -0.3 is 29.5 Å². The minimum absolute atomic E-state index is 0.0357. The van der Waals surface area contributed by atoms with Crippen LogP contribution < -0.4 is 22.3 Å². The third-order valence-electron chi connectivity index (χ3n) is 6.84. The van der Waals surface area contributed by atoms with Crippen LogP contribution in [0.5, 0.6) is 0 Å². The highest BCUT2D eigenvalue weighted by atomic mass is 19.3. The zero-order valence-electron chi connectivity index (χ0n) is 22.2. The van der Waals surface area contributed by atoms with Crippen LogP contribution in [0, 0.1) is 6.92 Å². The first-order valence-corrected chi connectivity index (χ1v) is 12.8. The van der Waals surface area contributed by atoms with Crippen LogP contribution in [0.15, 0.2) is 39.0 Å². The quantitative estimate of drug-likeness (QED) is 0.185. The van der Waals surface area contributed by atoms with Gasteiger partial charge in [0.25, 0.3) is 5.56 Å². The van der Waals surface area contributed by atoms with Crippen LogP contribution in [-0.2, 0) is 27.4 Å². The summed E-state index contributed by atoms with van der Waals surface area (Å²) in [4.78, 5) is 53.9. The minimum Gasteiger partial charge on any atom is -0.443 e. The molecule has 2 fully saturated rings. The molecule has 2 aliphatic heterocycles. The molecule has 5 rings (SSSR count). The number of H-pyrrole nitrogens is 1. The Morgan fingerprint density at radius 3 is 2.67 bits per heavy atom. The molecule has 0 unspecified atom stereocenters. The first-order valence-electron chi connectivity index (χ1n) is 12.8. The molecule has 18 nitrogen and oxygen atoms in total. The van der Waals surface area contributed by atoms with Crippen molar-refractivity contribution in [2.24, 2.45) is 0 Å². The molecule has 6 atom stereocenters. The van der Waals surface area contributed by atoms with Gasteiger partial charge in [0.2, 0.25) is 6.23 Å². The highest BCUT2D eigenvalue weighted by Gasteiger charge is 2.59. The second kappa shape index (κ2) is 11.7. The smallest absolute Gasteiger partial charge is 0.413 e. The molecular formula is C23H26F2N8O10. The van der Waals surface area contributed by atoms with Crippen LogP contribution in [0.4, 0.5) is 19.4 Å². The SMILES string of the molecule is Cc1cn([C@H]2C[C@H](O)[C@@H](Cn3cc(COC(=O)Nc4ccn([C@@H]5O[C@H](CO)[C@@H](O)C5(F)F)c(=O)n4)nn3)O2)c(=O)[nH]c1=O. The number of hydrogen-bond acceptors (Lipinski definition) is 13. The summed E-state index contributed by atoms with van der Waals surface area (Å²) in [7, 11) is 0. The van der Waals surface area contributed by atoms with E-state index in [1.165, 1.54) is 28.6 Å². The Balaban J connectivity index is 1.14. The second-order valence-corrected chi connectivity index (χ2v) is 9.88. The predicted octanol–water partition coefficient (Wildman–Crippen LogP) is -2.02. The summed E-state index contributed by atoms with van der Waals surface area (Å²) in [5.41, 5.74) is -1.93. The topological polar surface area (TPSA) is 238 Å². The lowest BCUT2D eigenvalue weighted by Gasteiger charge is -2.21. The highest BCUT2D eigenvalue weighted by molar-refractivity contribution is 5.83. The number of amides is 1. The van der Waals surface area contributed by atoms with Crippen molar-refractivity contribution in [1.82, 2.24) is 34.1 Å². The van der Waals surface area contributed by atoms with Gasteiger partial charge in [-0.2, -0.15) is 13.8 Å². The molecule has 2 saturated heterocycles. The molecule has 0 aromatic carbocycles. The van der Waals surface area contributed by atoms with Crippen molar-refractivity contribution in [1.29, 1.82) is 0 Å². The molecule has 0 radical (unpaired) electrons. The largest absolute Gasteiger partial charge is 0.443 e. The summed E-state index contributed by atoms with van der Waals surface area (Å²) in [5, 5.41) is 39.1. The van der Waals surface area contributed by atoms with Crippen LogP contribution in [0.1, 0.15) is 30.1 Å². The number of anilines is 1. The van der Waals surface area contributed by atoms with E-state index in [2.05, 4.69) is 25.6 Å². The molecule has 3 aromatic heterocycles. The minimum atomic E-state index is -3.89. The van der Waals surface area contributed by atoms with Crippen LogP contribution in [0.25, 0.3) is 0 Å². The number of aliphatic hydroxyl groups is 3. The maximum absolute atomic E-state index is 14.3. The van der Waals surface area contributed by atoms with Gasteiger partial charge in [-0.05, 0) is 13.0 Å². The van der Waals surface area contributed by atoms with Crippen molar-refractivity contribution in [3.05, 3.63) is 67.2 Å². The highest BCUT2D eigenvalue weighted by Crippen LogP contribution is 2.42. The van der Waals surface area contributed by atoms with Gasteiger partial charge in [0.1, 0.15) is 36.6 Å². The summed E-state index contributed by atoms with van der Waals surface area (Å²) >= 11 is 0. The molecule has 2 aliphatic rings. The van der Waals surface area contributed by atoms with E-state index in [1.54, 1.807) is 0 Å². The Bertz CT molecular complexity index is 1670. The Hall–Kier alpha value is -4.37. The molecule has 43 heavy (non-hydrogen) atoms. The van der Waals surface area contributed by atoms with Gasteiger partial charge in [0.15, 0.2) is 6.10 Å². The van der Waals surface area contributed by atoms with Gasteiger partial charge in [-0.3, -0.25) is 24.2 Å². The number of ether oxygens (including phenoxy) is 3. The van der Waals surface area contributed by atoms with Crippen LogP contribution in [-0.4, -0.2) is 92.5 Å². The van der Waals surface area contributed by atoms with Crippen molar-refractivity contribution in [2.45, 2.75) is 69.3 Å². The Kier molecular flexibility index (Phi) is 8.21. The summed E-state index contributed by atoms with van der Waals surface area (Å²) in [6.45, 7) is 0.300. The van der Waals surface area contributed by atoms with E-state index in [0.717, 1.165) is 12.3 Å². The van der Waals surface area contributed by atoms with Crippen LogP contribution in [0.3, 0.4) is 0 Å². The maximum Gasteiger partial charge on any atom is 0.413 e. The van der Waals surface area contributed by atoms with Gasteiger partial charge in [-0.1, -0.05) is 5.21 Å². The molecule has 0 saturated carbocycles. The second-order valence-electron chi connectivity index (χ2n) is 9.88. The van der Waals surface area contributed by atoms with Crippen molar-refractivity contribution < 1.29 is 43.1 Å². The number of hydrogen-bond donors (Lipinski definition) is 5. The third-order valence-corrected chi connectivity index (χ3v) is 6.84. The van der Waals surface area contributed by atoms with Crippen molar-refractivity contribution in [3.63, 3.8) is 0 Å². The number of rotatable bonds is 8. The van der Waals surface area contributed by atoms with Gasteiger partial charge in [0, 0.05) is 24.4 Å². The zero-order valence-corrected chi connectivity index (χ0v) is 22.2. The van der Waals surface area contributed by atoms with Crippen LogP contribution >= 0.6 is 0 Å². The number of carbonyl (C=O) groups excluding carboxylic acids is 1. The Morgan fingerprint density at radius 1 is 1.21 bits per heavy atom. The number of aliphatic hydroxyl groups excluding tert-OH is 3. The summed E-state index contributed by atoms with van der Waals surface area (Å²) in [6.07, 6.45) is -6.06. The Labute approximate surface area is 238 Å². The fourth-order valence-corrected chi connectivity index (χ4v) is 4.59. The third kappa shape index (κ3) is 6.08. The number of aryl methyl sites for hydroxylation is 1. The summed E-state index contributed by atoms with van der Waals surface area (Å²) in [6, 6.07) is 1.03. The number of nitrogens with one attached hydrogen (secondary N) is 2. The molecule has 0 spiro atoms. The first-order chi connectivity index (χ1) is 20.4. The average molecular weight is 613 g/mol. The molecule has 0 bridgehead atoms. The van der Waals surface area contributed by atoms with E-state index in [-0.39, 0.29) is 31.1 Å². The summed E-state index contributed by atoms with van der Waals surface area (Å²) in [5.74, 6) is -4.22. The number of carbonyl (C=O) groups is 1. The van der Waals surface area contributed by atoms with Gasteiger partial charge in [-0.15, -0.1) is 5.10 Å². The van der Waals surface area contributed by atoms with E-state index in [0.29, 0.717) is 10.1 Å². The first kappa shape index (κ1) is 30.1. The van der Waals surface area contributed by atoms with E-state index in [4.69, 9.17) is 19.3 Å². The van der Waals surface area contributed by atoms with Crippen LogP contribution in [0.2, 0.25) is 0 Å². The Morgan fingerprint density at radius 2 is 1.98 bits per heavy atom. The van der Waals surface area contributed by atoms with Gasteiger partial charge >= 0.3 is 23.4 Å². The van der Waals surface area contributed by atoms with Crippen molar-refractivity contribution in [3.8, 4) is 0 Å². The molecule has 1 amide bonds. The molecule has 0 aliphatic carbocycles. The number of aromatic nitrogens is 7. The molecular weight excluding hydrogens is 586 g/mol. The van der Waals surface area contributed by atoms with Crippen molar-refractivity contribution >= 4 is 11.9 Å². The summed E-state index contributed by atoms with van der Waals surface area (Å²) < 4.78 is 47.3. The van der Waals surface area contributed by atoms with Crippen molar-refractivity contribution in [2.75, 3.05) is 11.9 Å². The van der Waals surface area contributed by atoms with E-state index < -0.39 is 72.4 Å². The number of nitrogens with zero attached hydrogens (tertiary/aromatic N) is 6. The van der Waals surface area contributed by atoms with E-state index >= 15 is 0 Å². The molecule has 20 heteroatoms. The number of aromatic amines is 1. The lowest BCUT2D eigenvalue weighted by Crippen LogP contribution is -2.41. The fourth-order valence-electron chi connectivity index (χ4n) is 4.59. The monoisotopic (exact) mass is 612 g/mol. The lowest BCUT2D eigenvalue weighted by molar-refractivity contribution is -0.140. The van der Waals surface area contributed by atoms with E-state index in [1.807, 2.05) is 0 Å². The maximum atomic E-state index is 14.3. The number of halogens is 2. The lowest BCUT2D eigenvalue weighted by atomic mass is 10.1. The molecule has 5 N–H and O–H groups in total. The average Bonchev–Trinajstić information content (AvgIpc) is 3.62. The van der Waals surface area contributed by atoms with Gasteiger partial charge in [0.05, 0.1) is 25.5 Å². The zero-order chi connectivity index (χ0) is 31.1.